The Balaban J connectivity index is 1.94. The third-order valence-electron chi connectivity index (χ3n) is 3.84. The third-order valence-corrected chi connectivity index (χ3v) is 4.30. The molecule has 1 aliphatic rings. The number of rotatable bonds is 5. The van der Waals surface area contributed by atoms with Gasteiger partial charge in [0.15, 0.2) is 0 Å². The van der Waals surface area contributed by atoms with Gasteiger partial charge in [-0.3, -0.25) is 0 Å². The van der Waals surface area contributed by atoms with Crippen molar-refractivity contribution in [2.45, 2.75) is 38.6 Å². The van der Waals surface area contributed by atoms with E-state index in [0.717, 1.165) is 15.9 Å². The second-order valence-corrected chi connectivity index (χ2v) is 6.41. The van der Waals surface area contributed by atoms with Gasteiger partial charge < -0.3 is 15.0 Å². The first kappa shape index (κ1) is 15.6. The quantitative estimate of drug-likeness (QED) is 0.871. The summed E-state index contributed by atoms with van der Waals surface area (Å²) in [5, 5.41) is 3.66. The highest BCUT2D eigenvalue weighted by atomic mass is 79.9. The molecule has 1 aliphatic heterocycles. The molecule has 1 aromatic carbocycles. The Labute approximate surface area is 130 Å². The molecule has 1 atom stereocenters. The van der Waals surface area contributed by atoms with Crippen LogP contribution in [0.2, 0.25) is 0 Å². The SMILES string of the molecule is CCCN1CCCC(Nc2cc(Br)cc(OC)c2)CC1. The van der Waals surface area contributed by atoms with Crippen molar-refractivity contribution in [2.24, 2.45) is 0 Å². The predicted octanol–water partition coefficient (Wildman–Crippen LogP) is 4.13. The van der Waals surface area contributed by atoms with Crippen LogP contribution in [-0.2, 0) is 0 Å². The standard InChI is InChI=1S/C16H25BrN2O/c1-3-7-19-8-4-5-14(6-9-19)18-15-10-13(17)11-16(12-15)20-2/h10-12,14,18H,3-9H2,1-2H3. The maximum absolute atomic E-state index is 5.32. The van der Waals surface area contributed by atoms with Crippen LogP contribution in [0.3, 0.4) is 0 Å². The lowest BCUT2D eigenvalue weighted by Gasteiger charge is -2.20. The lowest BCUT2D eigenvalue weighted by molar-refractivity contribution is 0.285. The Morgan fingerprint density at radius 1 is 1.30 bits per heavy atom. The molecule has 112 valence electrons. The van der Waals surface area contributed by atoms with Crippen LogP contribution in [0.5, 0.6) is 5.75 Å². The van der Waals surface area contributed by atoms with Crippen LogP contribution in [-0.4, -0.2) is 37.7 Å². The van der Waals surface area contributed by atoms with Crippen LogP contribution in [0.15, 0.2) is 22.7 Å². The van der Waals surface area contributed by atoms with Crippen molar-refractivity contribution in [3.8, 4) is 5.75 Å². The number of nitrogens with one attached hydrogen (secondary N) is 1. The molecule has 4 heteroatoms. The number of hydrogen-bond donors (Lipinski definition) is 1. The van der Waals surface area contributed by atoms with Crippen molar-refractivity contribution >= 4 is 21.6 Å². The summed E-state index contributed by atoms with van der Waals surface area (Å²) in [5.41, 5.74) is 1.14. The molecule has 1 unspecified atom stereocenters. The molecular formula is C16H25BrN2O. The topological polar surface area (TPSA) is 24.5 Å². The molecular weight excluding hydrogens is 316 g/mol. The summed E-state index contributed by atoms with van der Waals surface area (Å²) in [5.74, 6) is 0.892. The average Bonchev–Trinajstić information content (AvgIpc) is 2.64. The second-order valence-electron chi connectivity index (χ2n) is 5.49. The highest BCUT2D eigenvalue weighted by molar-refractivity contribution is 9.10. The number of nitrogens with zero attached hydrogens (tertiary/aromatic N) is 1. The van der Waals surface area contributed by atoms with E-state index in [2.05, 4.69) is 45.2 Å². The lowest BCUT2D eigenvalue weighted by atomic mass is 10.1. The summed E-state index contributed by atoms with van der Waals surface area (Å²) < 4.78 is 6.38. The summed E-state index contributed by atoms with van der Waals surface area (Å²) in [6.45, 7) is 5.94. The molecule has 0 amide bonds. The molecule has 1 fully saturated rings. The molecule has 1 saturated heterocycles. The molecule has 0 aliphatic carbocycles. The largest absolute Gasteiger partial charge is 0.497 e. The number of methoxy groups -OCH3 is 1. The van der Waals surface area contributed by atoms with Gasteiger partial charge in [0.1, 0.15) is 5.75 Å². The maximum atomic E-state index is 5.32. The number of ether oxygens (including phenoxy) is 1. The third kappa shape index (κ3) is 4.67. The highest BCUT2D eigenvalue weighted by Crippen LogP contribution is 2.26. The first-order valence-corrected chi connectivity index (χ1v) is 8.34. The summed E-state index contributed by atoms with van der Waals surface area (Å²) >= 11 is 3.54. The minimum absolute atomic E-state index is 0.566. The molecule has 0 radical (unpaired) electrons. The minimum atomic E-state index is 0.566. The summed E-state index contributed by atoms with van der Waals surface area (Å²) in [6, 6.07) is 6.74. The van der Waals surface area contributed by atoms with Crippen molar-refractivity contribution in [3.63, 3.8) is 0 Å². The lowest BCUT2D eigenvalue weighted by Crippen LogP contribution is -2.27. The second kappa shape index (κ2) is 7.89. The summed E-state index contributed by atoms with van der Waals surface area (Å²) in [6.07, 6.45) is 4.99. The highest BCUT2D eigenvalue weighted by Gasteiger charge is 2.16. The number of benzene rings is 1. The molecule has 20 heavy (non-hydrogen) atoms. The Morgan fingerprint density at radius 3 is 2.90 bits per heavy atom. The van der Waals surface area contributed by atoms with Gasteiger partial charge in [0.25, 0.3) is 0 Å². The Bertz CT molecular complexity index is 425. The van der Waals surface area contributed by atoms with E-state index in [4.69, 9.17) is 4.74 Å². The van der Waals surface area contributed by atoms with Crippen LogP contribution in [0.25, 0.3) is 0 Å². The number of hydrogen-bond acceptors (Lipinski definition) is 3. The summed E-state index contributed by atoms with van der Waals surface area (Å²) in [7, 11) is 1.71. The van der Waals surface area contributed by atoms with E-state index in [0.29, 0.717) is 6.04 Å². The Kier molecular flexibility index (Phi) is 6.17. The van der Waals surface area contributed by atoms with Gasteiger partial charge in [-0.2, -0.15) is 0 Å². The van der Waals surface area contributed by atoms with Gasteiger partial charge in [0.2, 0.25) is 0 Å². The Morgan fingerprint density at radius 2 is 2.15 bits per heavy atom. The zero-order valence-electron chi connectivity index (χ0n) is 12.5. The summed E-state index contributed by atoms with van der Waals surface area (Å²) in [4.78, 5) is 2.59. The monoisotopic (exact) mass is 340 g/mol. The van der Waals surface area contributed by atoms with Gasteiger partial charge in [-0.25, -0.2) is 0 Å². The average molecular weight is 341 g/mol. The predicted molar refractivity (Wildman–Crippen MR) is 88.7 cm³/mol. The van der Waals surface area contributed by atoms with Crippen LogP contribution in [0.1, 0.15) is 32.6 Å². The molecule has 1 heterocycles. The molecule has 0 spiro atoms. The van der Waals surface area contributed by atoms with Gasteiger partial charge in [-0.05, 0) is 50.9 Å². The molecule has 0 aromatic heterocycles. The van der Waals surface area contributed by atoms with Crippen molar-refractivity contribution < 1.29 is 4.74 Å². The maximum Gasteiger partial charge on any atom is 0.122 e. The zero-order valence-corrected chi connectivity index (χ0v) is 14.1. The van der Waals surface area contributed by atoms with E-state index >= 15 is 0 Å². The molecule has 3 nitrogen and oxygen atoms in total. The van der Waals surface area contributed by atoms with Gasteiger partial charge in [0.05, 0.1) is 7.11 Å². The molecule has 1 N–H and O–H groups in total. The number of likely N-dealkylation sites (tertiary alicyclic amines) is 1. The van der Waals surface area contributed by atoms with Crippen molar-refractivity contribution in [2.75, 3.05) is 32.1 Å². The van der Waals surface area contributed by atoms with Gasteiger partial charge in [-0.15, -0.1) is 0 Å². The minimum Gasteiger partial charge on any atom is -0.497 e. The van der Waals surface area contributed by atoms with E-state index in [-0.39, 0.29) is 0 Å². The normalized spacial score (nSPS) is 20.4. The van der Waals surface area contributed by atoms with E-state index in [1.807, 2.05) is 6.07 Å². The number of anilines is 1. The van der Waals surface area contributed by atoms with Gasteiger partial charge >= 0.3 is 0 Å². The van der Waals surface area contributed by atoms with Crippen molar-refractivity contribution in [1.29, 1.82) is 0 Å². The molecule has 1 aromatic rings. The van der Waals surface area contributed by atoms with E-state index in [1.54, 1.807) is 7.11 Å². The van der Waals surface area contributed by atoms with Crippen molar-refractivity contribution in [3.05, 3.63) is 22.7 Å². The van der Waals surface area contributed by atoms with Crippen LogP contribution in [0.4, 0.5) is 5.69 Å². The first-order chi connectivity index (χ1) is 9.71. The van der Waals surface area contributed by atoms with Crippen molar-refractivity contribution in [1.82, 2.24) is 4.90 Å². The van der Waals surface area contributed by atoms with Crippen LogP contribution in [0, 0.1) is 0 Å². The fourth-order valence-electron chi connectivity index (χ4n) is 2.84. The first-order valence-electron chi connectivity index (χ1n) is 7.54. The van der Waals surface area contributed by atoms with Gasteiger partial charge in [-0.1, -0.05) is 22.9 Å². The van der Waals surface area contributed by atoms with Crippen LogP contribution >= 0.6 is 15.9 Å². The Hall–Kier alpha value is -0.740. The van der Waals surface area contributed by atoms with E-state index < -0.39 is 0 Å². The fraction of sp³-hybridized carbons (Fsp3) is 0.625. The number of halogens is 1. The zero-order chi connectivity index (χ0) is 14.4. The van der Waals surface area contributed by atoms with Crippen LogP contribution < -0.4 is 10.1 Å². The van der Waals surface area contributed by atoms with E-state index in [9.17, 15) is 0 Å². The molecule has 0 bridgehead atoms. The van der Waals surface area contributed by atoms with Gasteiger partial charge in [0, 0.05) is 28.8 Å². The van der Waals surface area contributed by atoms with E-state index in [1.165, 1.54) is 45.3 Å². The molecule has 0 saturated carbocycles. The fourth-order valence-corrected chi connectivity index (χ4v) is 3.31. The molecule has 2 rings (SSSR count). The smallest absolute Gasteiger partial charge is 0.122 e.